The molecular weight excluding hydrogens is 889 g/mol. The largest absolute Gasteiger partial charge is 0.462 e. The first-order valence-corrected chi connectivity index (χ1v) is 32.7. The van der Waals surface area contributed by atoms with E-state index in [-0.39, 0.29) is 31.1 Å². The van der Waals surface area contributed by atoms with Crippen LogP contribution in [0.2, 0.25) is 0 Å². The highest BCUT2D eigenvalue weighted by Crippen LogP contribution is 2.18. The summed E-state index contributed by atoms with van der Waals surface area (Å²) >= 11 is 0. The van der Waals surface area contributed by atoms with Gasteiger partial charge in [0.1, 0.15) is 13.2 Å². The zero-order chi connectivity index (χ0) is 52.2. The van der Waals surface area contributed by atoms with E-state index < -0.39 is 6.10 Å². The van der Waals surface area contributed by atoms with Crippen LogP contribution >= 0.6 is 0 Å². The molecule has 6 heteroatoms. The average Bonchev–Trinajstić information content (AvgIpc) is 3.38. The smallest absolute Gasteiger partial charge is 0.306 e. The molecule has 0 amide bonds. The molecule has 0 N–H and O–H groups in total. The van der Waals surface area contributed by atoms with Gasteiger partial charge < -0.3 is 14.2 Å². The van der Waals surface area contributed by atoms with Gasteiger partial charge in [0.25, 0.3) is 0 Å². The molecular formula is C66H126O6. The summed E-state index contributed by atoms with van der Waals surface area (Å²) in [7, 11) is 0. The Labute approximate surface area is 450 Å². The zero-order valence-corrected chi connectivity index (χ0v) is 49.0. The van der Waals surface area contributed by atoms with Crippen molar-refractivity contribution in [2.45, 2.75) is 380 Å². The van der Waals surface area contributed by atoms with Crippen LogP contribution < -0.4 is 0 Å². The number of ether oxygens (including phenoxy) is 3. The molecule has 0 fully saturated rings. The van der Waals surface area contributed by atoms with Gasteiger partial charge >= 0.3 is 17.9 Å². The first-order valence-electron chi connectivity index (χ1n) is 32.7. The first-order chi connectivity index (χ1) is 35.5. The molecule has 0 heterocycles. The van der Waals surface area contributed by atoms with E-state index in [4.69, 9.17) is 14.2 Å². The van der Waals surface area contributed by atoms with E-state index in [0.29, 0.717) is 19.3 Å². The van der Waals surface area contributed by atoms with Gasteiger partial charge in [-0.05, 0) is 44.9 Å². The molecule has 0 saturated heterocycles. The van der Waals surface area contributed by atoms with Gasteiger partial charge in [0.2, 0.25) is 0 Å². The fourth-order valence-corrected chi connectivity index (χ4v) is 10.1. The topological polar surface area (TPSA) is 78.9 Å². The summed E-state index contributed by atoms with van der Waals surface area (Å²) in [5, 5.41) is 0. The van der Waals surface area contributed by atoms with Crippen LogP contribution in [0.4, 0.5) is 0 Å². The van der Waals surface area contributed by atoms with Crippen LogP contribution in [-0.4, -0.2) is 37.2 Å². The second kappa shape index (κ2) is 61.7. The van der Waals surface area contributed by atoms with Gasteiger partial charge in [-0.25, -0.2) is 0 Å². The molecule has 0 aromatic rings. The van der Waals surface area contributed by atoms with E-state index in [0.717, 1.165) is 64.2 Å². The van der Waals surface area contributed by atoms with Crippen molar-refractivity contribution in [2.24, 2.45) is 0 Å². The Kier molecular flexibility index (Phi) is 60.1. The summed E-state index contributed by atoms with van der Waals surface area (Å²) in [6.07, 6.45) is 72.8. The molecule has 1 unspecified atom stereocenters. The second-order valence-corrected chi connectivity index (χ2v) is 22.4. The number of allylic oxidation sites excluding steroid dienone is 2. The highest BCUT2D eigenvalue weighted by Gasteiger charge is 2.19. The molecule has 0 aliphatic carbocycles. The summed E-state index contributed by atoms with van der Waals surface area (Å²) in [4.78, 5) is 38.0. The van der Waals surface area contributed by atoms with E-state index in [1.165, 1.54) is 270 Å². The number of rotatable bonds is 61. The molecule has 0 radical (unpaired) electrons. The van der Waals surface area contributed by atoms with Crippen LogP contribution in [0.1, 0.15) is 374 Å². The Morgan fingerprint density at radius 1 is 0.264 bits per heavy atom. The van der Waals surface area contributed by atoms with Crippen molar-refractivity contribution >= 4 is 17.9 Å². The molecule has 72 heavy (non-hydrogen) atoms. The van der Waals surface area contributed by atoms with Crippen LogP contribution in [0.3, 0.4) is 0 Å². The van der Waals surface area contributed by atoms with E-state index in [2.05, 4.69) is 32.9 Å². The maximum absolute atomic E-state index is 12.8. The minimum atomic E-state index is -0.768. The van der Waals surface area contributed by atoms with Gasteiger partial charge in [-0.2, -0.15) is 0 Å². The van der Waals surface area contributed by atoms with E-state index in [1.54, 1.807) is 0 Å². The highest BCUT2D eigenvalue weighted by molar-refractivity contribution is 5.71. The predicted molar refractivity (Wildman–Crippen MR) is 312 cm³/mol. The highest BCUT2D eigenvalue weighted by atomic mass is 16.6. The average molecular weight is 1020 g/mol. The van der Waals surface area contributed by atoms with E-state index in [1.807, 2.05) is 0 Å². The van der Waals surface area contributed by atoms with Crippen LogP contribution in [0.5, 0.6) is 0 Å². The fourth-order valence-electron chi connectivity index (χ4n) is 10.1. The molecule has 0 spiro atoms. The quantitative estimate of drug-likeness (QED) is 0.0261. The number of hydrogen-bond acceptors (Lipinski definition) is 6. The van der Waals surface area contributed by atoms with E-state index in [9.17, 15) is 14.4 Å². The number of carbonyl (C=O) groups excluding carboxylic acids is 3. The lowest BCUT2D eigenvalue weighted by Crippen LogP contribution is -2.30. The third-order valence-corrected chi connectivity index (χ3v) is 15.0. The molecule has 6 nitrogen and oxygen atoms in total. The van der Waals surface area contributed by atoms with Crippen molar-refractivity contribution < 1.29 is 28.6 Å². The first kappa shape index (κ1) is 70.1. The van der Waals surface area contributed by atoms with Crippen LogP contribution in [0.25, 0.3) is 0 Å². The SMILES string of the molecule is CCCCCCCC/C=C\CCCCCCCC(=O)OC(COC(=O)CCCCCCCCC)COC(=O)CCCCCCCCCCCCCCCCCCCCCCCCCCCCCCCCCC. The number of unbranched alkanes of at least 4 members (excludes halogenated alkanes) is 48. The van der Waals surface area contributed by atoms with Crippen molar-refractivity contribution in [3.8, 4) is 0 Å². The Morgan fingerprint density at radius 3 is 0.694 bits per heavy atom. The van der Waals surface area contributed by atoms with Crippen molar-refractivity contribution in [1.29, 1.82) is 0 Å². The lowest BCUT2D eigenvalue weighted by Gasteiger charge is -2.18. The minimum absolute atomic E-state index is 0.0682. The van der Waals surface area contributed by atoms with E-state index >= 15 is 0 Å². The van der Waals surface area contributed by atoms with Gasteiger partial charge in [0, 0.05) is 19.3 Å². The van der Waals surface area contributed by atoms with Crippen molar-refractivity contribution in [2.75, 3.05) is 13.2 Å². The second-order valence-electron chi connectivity index (χ2n) is 22.4. The molecule has 0 bridgehead atoms. The molecule has 1 atom stereocenters. The standard InChI is InChI=1S/C66H126O6/c1-4-7-10-13-16-18-20-22-24-25-26-27-28-29-30-31-32-33-34-35-36-37-38-39-40-42-43-45-47-50-53-56-59-65(68)71-62-63(61-70-64(67)58-55-52-49-15-12-9-6-3)72-66(69)60-57-54-51-48-46-44-41-23-21-19-17-14-11-8-5-2/h23,41,63H,4-22,24-40,42-62H2,1-3H3/b41-23-. The number of hydrogen-bond donors (Lipinski definition) is 0. The van der Waals surface area contributed by atoms with Gasteiger partial charge in [-0.1, -0.05) is 322 Å². The molecule has 426 valence electrons. The molecule has 0 saturated carbocycles. The lowest BCUT2D eigenvalue weighted by molar-refractivity contribution is -0.167. The van der Waals surface area contributed by atoms with Gasteiger partial charge in [0.05, 0.1) is 0 Å². The number of carbonyl (C=O) groups is 3. The van der Waals surface area contributed by atoms with Crippen molar-refractivity contribution in [3.63, 3.8) is 0 Å². The number of esters is 3. The molecule has 0 aromatic heterocycles. The van der Waals surface area contributed by atoms with Gasteiger partial charge in [-0.15, -0.1) is 0 Å². The summed E-state index contributed by atoms with van der Waals surface area (Å²) in [5.74, 6) is -0.860. The third-order valence-electron chi connectivity index (χ3n) is 15.0. The van der Waals surface area contributed by atoms with Gasteiger partial charge in [-0.3, -0.25) is 14.4 Å². The maximum Gasteiger partial charge on any atom is 0.306 e. The molecule has 0 aliphatic rings. The molecule has 0 aliphatic heterocycles. The summed E-state index contributed by atoms with van der Waals surface area (Å²) < 4.78 is 16.8. The van der Waals surface area contributed by atoms with Crippen LogP contribution in [0.15, 0.2) is 12.2 Å². The zero-order valence-electron chi connectivity index (χ0n) is 49.0. The van der Waals surface area contributed by atoms with Gasteiger partial charge in [0.15, 0.2) is 6.10 Å². The van der Waals surface area contributed by atoms with Crippen molar-refractivity contribution in [1.82, 2.24) is 0 Å². The van der Waals surface area contributed by atoms with Crippen LogP contribution in [-0.2, 0) is 28.6 Å². The Balaban J connectivity index is 3.93. The Bertz CT molecular complexity index is 1120. The molecule has 0 rings (SSSR count). The summed E-state index contributed by atoms with van der Waals surface area (Å²) in [6, 6.07) is 0. The van der Waals surface area contributed by atoms with Crippen molar-refractivity contribution in [3.05, 3.63) is 12.2 Å². The fraction of sp³-hybridized carbons (Fsp3) is 0.924. The normalized spacial score (nSPS) is 12.0. The molecule has 0 aromatic carbocycles. The predicted octanol–water partition coefficient (Wildman–Crippen LogP) is 22.1. The third kappa shape index (κ3) is 59.0. The lowest BCUT2D eigenvalue weighted by atomic mass is 10.0. The Hall–Kier alpha value is -1.85. The monoisotopic (exact) mass is 1010 g/mol. The van der Waals surface area contributed by atoms with Crippen LogP contribution in [0, 0.1) is 0 Å². The summed E-state index contributed by atoms with van der Waals surface area (Å²) in [6.45, 7) is 6.65. The summed E-state index contributed by atoms with van der Waals surface area (Å²) in [5.41, 5.74) is 0. The Morgan fingerprint density at radius 2 is 0.458 bits per heavy atom. The minimum Gasteiger partial charge on any atom is -0.462 e. The maximum atomic E-state index is 12.8.